The van der Waals surface area contributed by atoms with Crippen molar-refractivity contribution in [3.63, 3.8) is 0 Å². The molecule has 0 spiro atoms. The predicted molar refractivity (Wildman–Crippen MR) is 131 cm³/mol. The predicted octanol–water partition coefficient (Wildman–Crippen LogP) is 5.15. The Morgan fingerprint density at radius 1 is 0.912 bits per heavy atom. The normalized spacial score (nSPS) is 12.8. The molecule has 34 heavy (non-hydrogen) atoms. The van der Waals surface area contributed by atoms with Crippen LogP contribution in [-0.4, -0.2) is 28.0 Å². The molecule has 0 radical (unpaired) electrons. The van der Waals surface area contributed by atoms with Gasteiger partial charge in [-0.2, -0.15) is 0 Å². The van der Waals surface area contributed by atoms with Crippen LogP contribution >= 0.6 is 0 Å². The average molecular weight is 485 g/mol. The van der Waals surface area contributed by atoms with E-state index in [1.165, 1.54) is 13.2 Å². The number of ether oxygens (including phenoxy) is 2. The Bertz CT molecular complexity index is 1080. The quantitative estimate of drug-likeness (QED) is 0.328. The van der Waals surface area contributed by atoms with E-state index in [4.69, 9.17) is 13.9 Å². The van der Waals surface area contributed by atoms with Crippen LogP contribution in [0.15, 0.2) is 72.8 Å². The Labute approximate surface area is 200 Å². The Kier molecular flexibility index (Phi) is 7.89. The summed E-state index contributed by atoms with van der Waals surface area (Å²) in [5, 5.41) is 1.44. The Balaban J connectivity index is 2.25. The molecule has 180 valence electrons. The third-order valence-electron chi connectivity index (χ3n) is 5.77. The van der Waals surface area contributed by atoms with Crippen molar-refractivity contribution in [1.82, 2.24) is 0 Å². The van der Waals surface area contributed by atoms with Gasteiger partial charge < -0.3 is 13.9 Å². The maximum Gasteiger partial charge on any atom is 0.340 e. The molecule has 0 aliphatic rings. The molecule has 0 fully saturated rings. The number of benzene rings is 3. The van der Waals surface area contributed by atoms with E-state index in [1.807, 2.05) is 60.7 Å². The highest BCUT2D eigenvalue weighted by atomic mass is 28.4. The fraction of sp³-hybridized carbons (Fsp3) is 0.296. The van der Waals surface area contributed by atoms with Crippen molar-refractivity contribution in [3.8, 4) is 5.75 Å². The number of esters is 1. The van der Waals surface area contributed by atoms with Gasteiger partial charge in [-0.3, -0.25) is 0 Å². The van der Waals surface area contributed by atoms with Gasteiger partial charge >= 0.3 is 14.3 Å². The summed E-state index contributed by atoms with van der Waals surface area (Å²) in [6, 6.07) is 21.8. The number of hydrogen-bond donors (Lipinski definition) is 0. The molecular weight excluding hydrogens is 454 g/mol. The molecule has 7 heteroatoms. The number of rotatable bonds is 8. The van der Waals surface area contributed by atoms with Crippen molar-refractivity contribution >= 4 is 24.7 Å². The monoisotopic (exact) mass is 484 g/mol. The molecule has 4 nitrogen and oxygen atoms in total. The van der Waals surface area contributed by atoms with E-state index < -0.39 is 42.6 Å². The summed E-state index contributed by atoms with van der Waals surface area (Å²) >= 11 is 0. The second-order valence-corrected chi connectivity index (χ2v) is 13.1. The fourth-order valence-electron chi connectivity index (χ4n) is 4.23. The summed E-state index contributed by atoms with van der Waals surface area (Å²) in [5.74, 6) is -2.90. The first kappa shape index (κ1) is 25.6. The second-order valence-electron chi connectivity index (χ2n) is 8.91. The SMILES string of the molecule is CCOC(=O)C(OC)c1c(F)ccc(O[Si](c2ccccc2)(c2ccccc2)C(C)(C)C)c1F. The first-order valence-electron chi connectivity index (χ1n) is 11.1. The summed E-state index contributed by atoms with van der Waals surface area (Å²) in [7, 11) is -1.96. The lowest BCUT2D eigenvalue weighted by Gasteiger charge is -2.43. The van der Waals surface area contributed by atoms with Gasteiger partial charge in [-0.25, -0.2) is 13.6 Å². The van der Waals surface area contributed by atoms with Gasteiger partial charge in [0.25, 0.3) is 0 Å². The lowest BCUT2D eigenvalue weighted by Crippen LogP contribution is -2.69. The van der Waals surface area contributed by atoms with Crippen LogP contribution in [0.2, 0.25) is 5.04 Å². The van der Waals surface area contributed by atoms with Gasteiger partial charge in [0.1, 0.15) is 11.6 Å². The van der Waals surface area contributed by atoms with Crippen LogP contribution in [-0.2, 0) is 14.3 Å². The van der Waals surface area contributed by atoms with Crippen LogP contribution in [0.3, 0.4) is 0 Å². The van der Waals surface area contributed by atoms with Gasteiger partial charge in [0.15, 0.2) is 11.9 Å². The molecule has 0 amide bonds. The maximum atomic E-state index is 15.9. The van der Waals surface area contributed by atoms with Crippen LogP contribution in [0, 0.1) is 11.6 Å². The zero-order valence-electron chi connectivity index (χ0n) is 20.1. The molecule has 1 unspecified atom stereocenters. The minimum absolute atomic E-state index is 0.0557. The van der Waals surface area contributed by atoms with Crippen molar-refractivity contribution in [2.75, 3.05) is 13.7 Å². The van der Waals surface area contributed by atoms with Gasteiger partial charge in [-0.05, 0) is 34.5 Å². The third-order valence-corrected chi connectivity index (χ3v) is 10.7. The number of hydrogen-bond acceptors (Lipinski definition) is 4. The molecule has 3 rings (SSSR count). The van der Waals surface area contributed by atoms with Crippen LogP contribution in [0.25, 0.3) is 0 Å². The molecule has 0 saturated heterocycles. The molecule has 1 atom stereocenters. The summed E-state index contributed by atoms with van der Waals surface area (Å²) in [4.78, 5) is 12.4. The van der Waals surface area contributed by atoms with Gasteiger partial charge in [-0.1, -0.05) is 81.4 Å². The second kappa shape index (κ2) is 10.5. The van der Waals surface area contributed by atoms with Crippen LogP contribution in [0.5, 0.6) is 5.75 Å². The van der Waals surface area contributed by atoms with Gasteiger partial charge in [0, 0.05) is 7.11 Å². The smallest absolute Gasteiger partial charge is 0.340 e. The summed E-state index contributed by atoms with van der Waals surface area (Å²) in [6.45, 7) is 7.83. The molecule has 0 aliphatic heterocycles. The van der Waals surface area contributed by atoms with E-state index in [2.05, 4.69) is 20.8 Å². The van der Waals surface area contributed by atoms with Crippen molar-refractivity contribution in [3.05, 3.63) is 90.0 Å². The lowest BCUT2D eigenvalue weighted by atomic mass is 10.1. The van der Waals surface area contributed by atoms with Crippen LogP contribution in [0.4, 0.5) is 8.78 Å². The minimum atomic E-state index is -3.17. The molecule has 0 aliphatic carbocycles. The first-order valence-corrected chi connectivity index (χ1v) is 13.1. The lowest BCUT2D eigenvalue weighted by molar-refractivity contribution is -0.155. The van der Waals surface area contributed by atoms with Gasteiger partial charge in [-0.15, -0.1) is 0 Å². The van der Waals surface area contributed by atoms with E-state index in [0.29, 0.717) is 0 Å². The molecule has 0 N–H and O–H groups in total. The van der Waals surface area contributed by atoms with E-state index in [0.717, 1.165) is 16.4 Å². The Hall–Kier alpha value is -3.03. The number of carbonyl (C=O) groups is 1. The van der Waals surface area contributed by atoms with E-state index in [9.17, 15) is 9.18 Å². The largest absolute Gasteiger partial charge is 0.532 e. The molecule has 3 aromatic rings. The number of methoxy groups -OCH3 is 1. The van der Waals surface area contributed by atoms with Gasteiger partial charge in [0.2, 0.25) is 0 Å². The van der Waals surface area contributed by atoms with Gasteiger partial charge in [0.05, 0.1) is 12.2 Å². The zero-order chi connectivity index (χ0) is 24.9. The molecule has 0 heterocycles. The molecule has 0 bridgehead atoms. The van der Waals surface area contributed by atoms with Crippen molar-refractivity contribution in [2.45, 2.75) is 38.8 Å². The molecule has 3 aromatic carbocycles. The van der Waals surface area contributed by atoms with Crippen LogP contribution in [0.1, 0.15) is 39.4 Å². The minimum Gasteiger partial charge on any atom is -0.532 e. The third kappa shape index (κ3) is 4.76. The van der Waals surface area contributed by atoms with Crippen molar-refractivity contribution in [1.29, 1.82) is 0 Å². The maximum absolute atomic E-state index is 15.9. The summed E-state index contributed by atoms with van der Waals surface area (Å²) < 4.78 is 47.5. The topological polar surface area (TPSA) is 44.8 Å². The zero-order valence-corrected chi connectivity index (χ0v) is 21.1. The summed E-state index contributed by atoms with van der Waals surface area (Å²) in [5.41, 5.74) is -0.531. The van der Waals surface area contributed by atoms with Crippen LogP contribution < -0.4 is 14.8 Å². The number of carbonyl (C=O) groups excluding carboxylic acids is 1. The number of halogens is 2. The van der Waals surface area contributed by atoms with E-state index >= 15 is 4.39 Å². The van der Waals surface area contributed by atoms with Crippen molar-refractivity contribution < 1.29 is 27.5 Å². The molecule has 0 aromatic heterocycles. The highest BCUT2D eigenvalue weighted by Crippen LogP contribution is 2.39. The molecular formula is C27H30F2O4Si. The Morgan fingerprint density at radius 2 is 1.44 bits per heavy atom. The van der Waals surface area contributed by atoms with E-state index in [-0.39, 0.29) is 12.4 Å². The summed E-state index contributed by atoms with van der Waals surface area (Å²) in [6.07, 6.45) is -1.55. The highest BCUT2D eigenvalue weighted by Gasteiger charge is 2.52. The van der Waals surface area contributed by atoms with Crippen molar-refractivity contribution in [2.24, 2.45) is 0 Å². The highest BCUT2D eigenvalue weighted by molar-refractivity contribution is 7.00. The Morgan fingerprint density at radius 3 is 1.88 bits per heavy atom. The molecule has 0 saturated carbocycles. The fourth-order valence-corrected chi connectivity index (χ4v) is 8.65. The average Bonchev–Trinajstić information content (AvgIpc) is 2.82. The standard InChI is InChI=1S/C27H30F2O4Si/c1-6-32-26(30)25(31-5)23-21(28)17-18-22(24(23)29)33-34(27(2,3)4,19-13-9-7-10-14-19)20-15-11-8-12-16-20/h7-18,25H,6H2,1-5H3. The van der Waals surface area contributed by atoms with E-state index in [1.54, 1.807) is 6.92 Å². The first-order chi connectivity index (χ1) is 16.2.